The predicted octanol–water partition coefficient (Wildman–Crippen LogP) is 1.79. The van der Waals surface area contributed by atoms with Crippen molar-refractivity contribution in [3.05, 3.63) is 29.3 Å². The minimum Gasteiger partial charge on any atom is -0.383 e. The van der Waals surface area contributed by atoms with Gasteiger partial charge in [0.1, 0.15) is 0 Å². The number of nitrogens with zero attached hydrogens (tertiary/aromatic N) is 2. The first kappa shape index (κ1) is 17.3. The van der Waals surface area contributed by atoms with Gasteiger partial charge in [-0.1, -0.05) is 6.07 Å². The van der Waals surface area contributed by atoms with Crippen molar-refractivity contribution in [1.82, 2.24) is 9.80 Å². The Bertz CT molecular complexity index is 635. The molecule has 1 saturated heterocycles. The van der Waals surface area contributed by atoms with E-state index >= 15 is 0 Å². The number of hydrogen-bond donors (Lipinski definition) is 0. The van der Waals surface area contributed by atoms with Gasteiger partial charge in [0.15, 0.2) is 0 Å². The highest BCUT2D eigenvalue weighted by Crippen LogP contribution is 2.27. The Morgan fingerprint density at radius 2 is 2.21 bits per heavy atom. The molecule has 3 rings (SSSR count). The summed E-state index contributed by atoms with van der Waals surface area (Å²) in [6.07, 6.45) is 3.30. The van der Waals surface area contributed by atoms with E-state index in [0.29, 0.717) is 32.7 Å². The lowest BCUT2D eigenvalue weighted by Gasteiger charge is -2.31. The summed E-state index contributed by atoms with van der Waals surface area (Å²) in [7, 11) is 1.62. The van der Waals surface area contributed by atoms with Crippen LogP contribution < -0.4 is 0 Å². The summed E-state index contributed by atoms with van der Waals surface area (Å²) in [5.41, 5.74) is 2.57. The van der Waals surface area contributed by atoms with Crippen LogP contribution >= 0.6 is 11.8 Å². The molecule has 1 aromatic rings. The van der Waals surface area contributed by atoms with Crippen LogP contribution in [0.5, 0.6) is 0 Å². The number of rotatable bonds is 5. The fourth-order valence-corrected chi connectivity index (χ4v) is 3.92. The number of fused-ring (bicyclic) bond motifs is 1. The zero-order valence-electron chi connectivity index (χ0n) is 14.3. The summed E-state index contributed by atoms with van der Waals surface area (Å²) >= 11 is 1.74. The summed E-state index contributed by atoms with van der Waals surface area (Å²) in [6, 6.07) is 6.47. The maximum absolute atomic E-state index is 12.8. The first-order chi connectivity index (χ1) is 11.6. The smallest absolute Gasteiger partial charge is 0.228 e. The molecule has 2 aliphatic heterocycles. The summed E-state index contributed by atoms with van der Waals surface area (Å²) in [5.74, 6) is -0.0309. The van der Waals surface area contributed by atoms with E-state index in [1.807, 2.05) is 4.90 Å². The van der Waals surface area contributed by atoms with Gasteiger partial charge in [-0.2, -0.15) is 0 Å². The second kappa shape index (κ2) is 7.57. The summed E-state index contributed by atoms with van der Waals surface area (Å²) in [4.78, 5) is 29.8. The van der Waals surface area contributed by atoms with Crippen molar-refractivity contribution in [2.45, 2.75) is 24.3 Å². The van der Waals surface area contributed by atoms with Gasteiger partial charge in [0.2, 0.25) is 11.8 Å². The Labute approximate surface area is 147 Å². The third kappa shape index (κ3) is 3.59. The highest BCUT2D eigenvalue weighted by molar-refractivity contribution is 7.98. The molecule has 24 heavy (non-hydrogen) atoms. The molecule has 0 bridgehead atoms. The third-order valence-electron chi connectivity index (χ3n) is 4.87. The van der Waals surface area contributed by atoms with E-state index in [1.165, 1.54) is 16.0 Å². The Balaban J connectivity index is 1.63. The van der Waals surface area contributed by atoms with Crippen molar-refractivity contribution < 1.29 is 14.3 Å². The van der Waals surface area contributed by atoms with Gasteiger partial charge in [-0.15, -0.1) is 11.8 Å². The number of likely N-dealkylation sites (tertiary alicyclic amines) is 1. The Kier molecular flexibility index (Phi) is 5.46. The number of hydrogen-bond acceptors (Lipinski definition) is 4. The second-order valence-corrected chi connectivity index (χ2v) is 7.26. The van der Waals surface area contributed by atoms with E-state index < -0.39 is 0 Å². The van der Waals surface area contributed by atoms with Gasteiger partial charge in [-0.25, -0.2) is 0 Å². The summed E-state index contributed by atoms with van der Waals surface area (Å²) in [6.45, 7) is 3.01. The molecule has 0 unspecified atom stereocenters. The molecule has 2 heterocycles. The number of methoxy groups -OCH3 is 1. The lowest BCUT2D eigenvalue weighted by molar-refractivity contribution is -0.136. The van der Waals surface area contributed by atoms with Crippen LogP contribution in [-0.4, -0.2) is 61.2 Å². The molecule has 0 spiro atoms. The largest absolute Gasteiger partial charge is 0.383 e. The molecule has 2 amide bonds. The minimum atomic E-state index is -0.207. The van der Waals surface area contributed by atoms with Gasteiger partial charge in [0, 0.05) is 44.6 Å². The van der Waals surface area contributed by atoms with Crippen molar-refractivity contribution in [1.29, 1.82) is 0 Å². The fourth-order valence-electron chi connectivity index (χ4n) is 3.46. The molecule has 2 aliphatic rings. The number of amides is 2. The lowest BCUT2D eigenvalue weighted by atomic mass is 9.98. The van der Waals surface area contributed by atoms with Gasteiger partial charge in [0.25, 0.3) is 0 Å². The van der Waals surface area contributed by atoms with Crippen molar-refractivity contribution in [3.8, 4) is 0 Å². The van der Waals surface area contributed by atoms with Crippen LogP contribution in [0.4, 0.5) is 0 Å². The van der Waals surface area contributed by atoms with Crippen LogP contribution in [0.2, 0.25) is 0 Å². The van der Waals surface area contributed by atoms with Gasteiger partial charge in [0.05, 0.1) is 12.5 Å². The van der Waals surface area contributed by atoms with Crippen LogP contribution in [0.1, 0.15) is 17.5 Å². The maximum Gasteiger partial charge on any atom is 0.228 e. The maximum atomic E-state index is 12.8. The molecule has 1 atom stereocenters. The SMILES string of the molecule is COCCN1C[C@H](C(=O)N2CCc3cc(SC)ccc3C2)CC1=O. The van der Waals surface area contributed by atoms with Gasteiger partial charge in [-0.05, 0) is 35.9 Å². The van der Waals surface area contributed by atoms with Crippen LogP contribution in [0.25, 0.3) is 0 Å². The summed E-state index contributed by atoms with van der Waals surface area (Å²) < 4.78 is 5.03. The first-order valence-electron chi connectivity index (χ1n) is 8.33. The number of ether oxygens (including phenoxy) is 1. The number of carbonyl (C=O) groups excluding carboxylic acids is 2. The third-order valence-corrected chi connectivity index (χ3v) is 5.59. The number of thioether (sulfide) groups is 1. The van der Waals surface area contributed by atoms with E-state index in [4.69, 9.17) is 4.74 Å². The molecular formula is C18H24N2O3S. The van der Waals surface area contributed by atoms with Gasteiger partial charge in [-0.3, -0.25) is 9.59 Å². The highest BCUT2D eigenvalue weighted by Gasteiger charge is 2.37. The monoisotopic (exact) mass is 348 g/mol. The normalized spacial score (nSPS) is 20.4. The zero-order chi connectivity index (χ0) is 17.1. The molecule has 130 valence electrons. The van der Waals surface area contributed by atoms with E-state index in [2.05, 4.69) is 24.5 Å². The van der Waals surface area contributed by atoms with Crippen molar-refractivity contribution in [2.75, 3.05) is 39.6 Å². The van der Waals surface area contributed by atoms with Crippen LogP contribution in [0.15, 0.2) is 23.1 Å². The molecule has 0 saturated carbocycles. The Morgan fingerprint density at radius 3 is 2.96 bits per heavy atom. The van der Waals surface area contributed by atoms with E-state index in [0.717, 1.165) is 13.0 Å². The van der Waals surface area contributed by atoms with Gasteiger partial charge >= 0.3 is 0 Å². The van der Waals surface area contributed by atoms with E-state index in [1.54, 1.807) is 23.8 Å². The second-order valence-electron chi connectivity index (χ2n) is 6.38. The van der Waals surface area contributed by atoms with E-state index in [9.17, 15) is 9.59 Å². The quantitative estimate of drug-likeness (QED) is 0.761. The van der Waals surface area contributed by atoms with Crippen LogP contribution in [0, 0.1) is 5.92 Å². The number of carbonyl (C=O) groups is 2. The molecule has 1 fully saturated rings. The lowest BCUT2D eigenvalue weighted by Crippen LogP contribution is -2.40. The van der Waals surface area contributed by atoms with Gasteiger partial charge < -0.3 is 14.5 Å². The average molecular weight is 348 g/mol. The van der Waals surface area contributed by atoms with Crippen molar-refractivity contribution >= 4 is 23.6 Å². The molecular weight excluding hydrogens is 324 g/mol. The first-order valence-corrected chi connectivity index (χ1v) is 9.56. The number of benzene rings is 1. The molecule has 5 nitrogen and oxygen atoms in total. The minimum absolute atomic E-state index is 0.0624. The van der Waals surface area contributed by atoms with Crippen LogP contribution in [-0.2, 0) is 27.3 Å². The highest BCUT2D eigenvalue weighted by atomic mass is 32.2. The molecule has 1 aromatic carbocycles. The molecule has 0 radical (unpaired) electrons. The average Bonchev–Trinajstić information content (AvgIpc) is 2.99. The zero-order valence-corrected chi connectivity index (χ0v) is 15.1. The van der Waals surface area contributed by atoms with Crippen LogP contribution in [0.3, 0.4) is 0 Å². The molecule has 6 heteroatoms. The molecule has 0 aromatic heterocycles. The fraction of sp³-hybridized carbons (Fsp3) is 0.556. The molecule has 0 aliphatic carbocycles. The topological polar surface area (TPSA) is 49.9 Å². The summed E-state index contributed by atoms with van der Waals surface area (Å²) in [5, 5.41) is 0. The Morgan fingerprint density at radius 1 is 1.38 bits per heavy atom. The molecule has 0 N–H and O–H groups in total. The Hall–Kier alpha value is -1.53. The van der Waals surface area contributed by atoms with E-state index in [-0.39, 0.29) is 17.7 Å². The standard InChI is InChI=1S/C18H24N2O3S/c1-23-8-7-19-12-15(10-17(19)21)18(22)20-6-5-13-9-16(24-2)4-3-14(13)11-20/h3-4,9,15H,5-8,10-12H2,1-2H3/t15-/m1/s1. The van der Waals surface area contributed by atoms with Crippen molar-refractivity contribution in [3.63, 3.8) is 0 Å². The predicted molar refractivity (Wildman–Crippen MR) is 93.9 cm³/mol. The van der Waals surface area contributed by atoms with Crippen molar-refractivity contribution in [2.24, 2.45) is 5.92 Å².